The first kappa shape index (κ1) is 26.5. The summed E-state index contributed by atoms with van der Waals surface area (Å²) in [4.78, 5) is 12.7. The van der Waals surface area contributed by atoms with Gasteiger partial charge in [0.15, 0.2) is 0 Å². The van der Waals surface area contributed by atoms with E-state index in [0.717, 1.165) is 0 Å². The molecule has 1 amide bonds. The van der Waals surface area contributed by atoms with Gasteiger partial charge in [-0.25, -0.2) is 16.8 Å². The molecule has 0 heterocycles. The van der Waals surface area contributed by atoms with Crippen molar-refractivity contribution in [3.63, 3.8) is 0 Å². The molecule has 0 fully saturated rings. The summed E-state index contributed by atoms with van der Waals surface area (Å²) in [6, 6.07) is 23.9. The highest BCUT2D eigenvalue weighted by Gasteiger charge is 2.18. The van der Waals surface area contributed by atoms with E-state index in [9.17, 15) is 21.6 Å². The van der Waals surface area contributed by atoms with Gasteiger partial charge in [0.05, 0.1) is 31.2 Å². The molecule has 0 saturated carbocycles. The maximum absolute atomic E-state index is 12.7. The second-order valence-corrected chi connectivity index (χ2v) is 11.9. The molecule has 0 atom stereocenters. The average molecular weight is 576 g/mol. The van der Waals surface area contributed by atoms with Crippen LogP contribution in [0, 0.1) is 0 Å². The Labute approximate surface area is 224 Å². The van der Waals surface area contributed by atoms with E-state index in [-0.39, 0.29) is 36.8 Å². The Morgan fingerprint density at radius 3 is 1.73 bits per heavy atom. The van der Waals surface area contributed by atoms with E-state index in [4.69, 9.17) is 23.2 Å². The van der Waals surface area contributed by atoms with E-state index >= 15 is 0 Å². The number of benzene rings is 4. The molecule has 4 aromatic rings. The first-order chi connectivity index (χ1) is 17.5. The quantitative estimate of drug-likeness (QED) is 0.243. The zero-order chi connectivity index (χ0) is 26.6. The standard InChI is InChI=1S/C25H19Cl2N3O5S2/c26-21-8-4-5-9-23(21)29-37(34,35)20-13-11-18(12-14-20)28-25(31)17-10-15-24(22(27)16-17)30-36(32,33)19-6-2-1-3-7-19/h1-16,29-30H,(H,28,31). The third-order valence-electron chi connectivity index (χ3n) is 5.07. The molecule has 0 aliphatic rings. The molecule has 0 radical (unpaired) electrons. The van der Waals surface area contributed by atoms with Crippen LogP contribution >= 0.6 is 23.2 Å². The Morgan fingerprint density at radius 1 is 0.595 bits per heavy atom. The predicted molar refractivity (Wildman–Crippen MR) is 145 cm³/mol. The third kappa shape index (κ3) is 6.41. The van der Waals surface area contributed by atoms with Crippen molar-refractivity contribution >= 4 is 66.2 Å². The van der Waals surface area contributed by atoms with Crippen LogP contribution in [0.25, 0.3) is 0 Å². The number of nitrogens with one attached hydrogen (secondary N) is 3. The first-order valence-electron chi connectivity index (χ1n) is 10.6. The summed E-state index contributed by atoms with van der Waals surface area (Å²) in [5, 5.41) is 2.93. The summed E-state index contributed by atoms with van der Waals surface area (Å²) in [5.41, 5.74) is 0.868. The summed E-state index contributed by atoms with van der Waals surface area (Å²) in [7, 11) is -7.75. The topological polar surface area (TPSA) is 121 Å². The average Bonchev–Trinajstić information content (AvgIpc) is 2.87. The molecule has 0 aliphatic heterocycles. The number of para-hydroxylation sites is 1. The van der Waals surface area contributed by atoms with Gasteiger partial charge in [0, 0.05) is 11.3 Å². The van der Waals surface area contributed by atoms with Crippen LogP contribution in [0.15, 0.2) is 107 Å². The van der Waals surface area contributed by atoms with Crippen molar-refractivity contribution in [2.75, 3.05) is 14.8 Å². The molecule has 0 spiro atoms. The highest BCUT2D eigenvalue weighted by Crippen LogP contribution is 2.27. The molecule has 4 rings (SSSR count). The highest BCUT2D eigenvalue weighted by atomic mass is 35.5. The lowest BCUT2D eigenvalue weighted by Crippen LogP contribution is -2.15. The molecule has 0 bridgehead atoms. The summed E-state index contributed by atoms with van der Waals surface area (Å²) >= 11 is 12.2. The molecule has 12 heteroatoms. The van der Waals surface area contributed by atoms with Crippen molar-refractivity contribution < 1.29 is 21.6 Å². The number of carbonyl (C=O) groups is 1. The fraction of sp³-hybridized carbons (Fsp3) is 0. The second-order valence-electron chi connectivity index (χ2n) is 7.68. The van der Waals surface area contributed by atoms with E-state index in [1.165, 1.54) is 60.7 Å². The van der Waals surface area contributed by atoms with Crippen LogP contribution in [-0.2, 0) is 20.0 Å². The number of halogens is 2. The number of amides is 1. The lowest BCUT2D eigenvalue weighted by atomic mass is 10.2. The number of sulfonamides is 2. The minimum Gasteiger partial charge on any atom is -0.322 e. The number of anilines is 3. The van der Waals surface area contributed by atoms with Gasteiger partial charge in [-0.2, -0.15) is 0 Å². The maximum Gasteiger partial charge on any atom is 0.261 e. The van der Waals surface area contributed by atoms with Crippen LogP contribution in [0.4, 0.5) is 17.1 Å². The molecule has 0 saturated heterocycles. The maximum atomic E-state index is 12.7. The lowest BCUT2D eigenvalue weighted by molar-refractivity contribution is 0.102. The monoisotopic (exact) mass is 575 g/mol. The Hall–Kier alpha value is -3.57. The smallest absolute Gasteiger partial charge is 0.261 e. The van der Waals surface area contributed by atoms with Gasteiger partial charge in [-0.15, -0.1) is 0 Å². The van der Waals surface area contributed by atoms with Gasteiger partial charge in [0.25, 0.3) is 26.0 Å². The number of carbonyl (C=O) groups excluding carboxylic acids is 1. The van der Waals surface area contributed by atoms with Crippen LogP contribution in [0.1, 0.15) is 10.4 Å². The number of hydrogen-bond acceptors (Lipinski definition) is 5. The Bertz CT molecular complexity index is 1660. The van der Waals surface area contributed by atoms with E-state index < -0.39 is 26.0 Å². The Morgan fingerprint density at radius 2 is 1.14 bits per heavy atom. The van der Waals surface area contributed by atoms with Gasteiger partial charge in [0.2, 0.25) is 0 Å². The molecule has 0 aliphatic carbocycles. The second kappa shape index (κ2) is 10.8. The van der Waals surface area contributed by atoms with Crippen LogP contribution in [0.3, 0.4) is 0 Å². The van der Waals surface area contributed by atoms with Crippen LogP contribution in [-0.4, -0.2) is 22.7 Å². The number of hydrogen-bond donors (Lipinski definition) is 3. The van der Waals surface area contributed by atoms with E-state index in [1.54, 1.807) is 36.4 Å². The molecule has 8 nitrogen and oxygen atoms in total. The zero-order valence-electron chi connectivity index (χ0n) is 18.9. The first-order valence-corrected chi connectivity index (χ1v) is 14.3. The minimum atomic E-state index is -3.90. The molecule has 4 aromatic carbocycles. The zero-order valence-corrected chi connectivity index (χ0v) is 22.0. The fourth-order valence-electron chi connectivity index (χ4n) is 3.21. The van der Waals surface area contributed by atoms with Crippen molar-refractivity contribution in [3.05, 3.63) is 113 Å². The predicted octanol–water partition coefficient (Wildman–Crippen LogP) is 5.85. The van der Waals surface area contributed by atoms with Crippen LogP contribution in [0.2, 0.25) is 10.0 Å². The molecule has 190 valence electrons. The summed E-state index contributed by atoms with van der Waals surface area (Å²) in [5.74, 6) is -0.524. The highest BCUT2D eigenvalue weighted by molar-refractivity contribution is 7.93. The Kier molecular flexibility index (Phi) is 7.74. The van der Waals surface area contributed by atoms with Crippen molar-refractivity contribution in [2.24, 2.45) is 0 Å². The van der Waals surface area contributed by atoms with E-state index in [2.05, 4.69) is 14.8 Å². The van der Waals surface area contributed by atoms with Gasteiger partial charge >= 0.3 is 0 Å². The lowest BCUT2D eigenvalue weighted by Gasteiger charge is -2.12. The largest absolute Gasteiger partial charge is 0.322 e. The summed E-state index contributed by atoms with van der Waals surface area (Å²) < 4.78 is 55.2. The Balaban J connectivity index is 1.44. The van der Waals surface area contributed by atoms with Crippen molar-refractivity contribution in [1.29, 1.82) is 0 Å². The summed E-state index contributed by atoms with van der Waals surface area (Å²) in [6.45, 7) is 0. The summed E-state index contributed by atoms with van der Waals surface area (Å²) in [6.07, 6.45) is 0. The van der Waals surface area contributed by atoms with E-state index in [0.29, 0.717) is 5.69 Å². The molecule has 0 unspecified atom stereocenters. The number of rotatable bonds is 8. The van der Waals surface area contributed by atoms with Crippen molar-refractivity contribution in [2.45, 2.75) is 9.79 Å². The van der Waals surface area contributed by atoms with Gasteiger partial charge in [-0.1, -0.05) is 53.5 Å². The molecule has 3 N–H and O–H groups in total. The molecule has 0 aromatic heterocycles. The van der Waals surface area contributed by atoms with Gasteiger partial charge in [-0.3, -0.25) is 14.2 Å². The normalized spacial score (nSPS) is 11.5. The van der Waals surface area contributed by atoms with Crippen LogP contribution < -0.4 is 14.8 Å². The third-order valence-corrected chi connectivity index (χ3v) is 8.47. The van der Waals surface area contributed by atoms with Crippen molar-refractivity contribution in [1.82, 2.24) is 0 Å². The molecular formula is C25H19Cl2N3O5S2. The van der Waals surface area contributed by atoms with Gasteiger partial charge in [-0.05, 0) is 66.7 Å². The van der Waals surface area contributed by atoms with Crippen molar-refractivity contribution in [3.8, 4) is 0 Å². The molecular weight excluding hydrogens is 557 g/mol. The van der Waals surface area contributed by atoms with E-state index in [1.807, 2.05) is 0 Å². The van der Waals surface area contributed by atoms with Crippen LogP contribution in [0.5, 0.6) is 0 Å². The SMILES string of the molecule is O=C(Nc1ccc(S(=O)(=O)Nc2ccccc2Cl)cc1)c1ccc(NS(=O)(=O)c2ccccc2)c(Cl)c1. The van der Waals surface area contributed by atoms with Gasteiger partial charge in [0.1, 0.15) is 0 Å². The minimum absolute atomic E-state index is 0.0245. The molecule has 37 heavy (non-hydrogen) atoms. The fourth-order valence-corrected chi connectivity index (χ4v) is 5.91. The van der Waals surface area contributed by atoms with Gasteiger partial charge < -0.3 is 5.32 Å².